The van der Waals surface area contributed by atoms with E-state index in [4.69, 9.17) is 10.5 Å². The van der Waals surface area contributed by atoms with Gasteiger partial charge in [-0.25, -0.2) is 26.6 Å². The Kier molecular flexibility index (Phi) is 8.51. The Morgan fingerprint density at radius 1 is 1.23 bits per heavy atom. The number of rotatable bonds is 7. The monoisotopic (exact) mass is 526 g/mol. The number of sulfonamides is 1. The summed E-state index contributed by atoms with van der Waals surface area (Å²) in [5, 5.41) is -0.528. The number of benzene rings is 2. The van der Waals surface area contributed by atoms with Crippen LogP contribution in [0, 0.1) is 23.4 Å². The molecule has 0 spiro atoms. The highest BCUT2D eigenvalue weighted by atomic mass is 32.2. The van der Waals surface area contributed by atoms with Gasteiger partial charge in [-0.05, 0) is 62.4 Å². The van der Waals surface area contributed by atoms with Crippen molar-refractivity contribution in [2.45, 2.75) is 23.8 Å². The van der Waals surface area contributed by atoms with E-state index in [1.165, 1.54) is 12.1 Å². The third-order valence-electron chi connectivity index (χ3n) is 5.64. The zero-order chi connectivity index (χ0) is 25.8. The number of allylic oxidation sites excluding steroid dienone is 1. The fourth-order valence-electron chi connectivity index (χ4n) is 4.03. The van der Waals surface area contributed by atoms with Crippen molar-refractivity contribution in [3.05, 3.63) is 65.5 Å². The van der Waals surface area contributed by atoms with Crippen molar-refractivity contribution in [2.75, 3.05) is 20.7 Å². The Morgan fingerprint density at radius 3 is 2.54 bits per heavy atom. The lowest BCUT2D eigenvalue weighted by molar-refractivity contribution is 0.164. The van der Waals surface area contributed by atoms with Crippen LogP contribution in [0.5, 0.6) is 5.75 Å². The molecule has 3 N–H and O–H groups in total. The first-order chi connectivity index (χ1) is 16.5. The zero-order valence-corrected chi connectivity index (χ0v) is 20.7. The van der Waals surface area contributed by atoms with Crippen LogP contribution in [0.4, 0.5) is 13.2 Å². The number of aliphatic imine (C=N–C) groups is 1. The van der Waals surface area contributed by atoms with Gasteiger partial charge in [0.05, 0.1) is 12.9 Å². The minimum Gasteiger partial charge on any atom is -0.490 e. The molecule has 0 radical (unpaired) electrons. The Bertz CT molecular complexity index is 1250. The van der Waals surface area contributed by atoms with Crippen molar-refractivity contribution in [1.29, 1.82) is 0 Å². The van der Waals surface area contributed by atoms with Gasteiger partial charge in [-0.15, -0.1) is 0 Å². The van der Waals surface area contributed by atoms with E-state index in [0.717, 1.165) is 30.3 Å². The van der Waals surface area contributed by atoms with E-state index in [9.17, 15) is 21.6 Å². The van der Waals surface area contributed by atoms with Gasteiger partial charge in [0, 0.05) is 24.1 Å². The molecule has 35 heavy (non-hydrogen) atoms. The van der Waals surface area contributed by atoms with Crippen LogP contribution in [0.15, 0.2) is 52.4 Å². The zero-order valence-electron chi connectivity index (χ0n) is 19.0. The van der Waals surface area contributed by atoms with E-state index in [1.807, 2.05) is 29.8 Å². The Morgan fingerprint density at radius 2 is 1.91 bits per heavy atom. The molecule has 3 rings (SSSR count). The van der Waals surface area contributed by atoms with E-state index in [-0.39, 0.29) is 24.4 Å². The van der Waals surface area contributed by atoms with Crippen molar-refractivity contribution < 1.29 is 26.3 Å². The van der Waals surface area contributed by atoms with Crippen LogP contribution in [0.2, 0.25) is 0 Å². The highest BCUT2D eigenvalue weighted by Crippen LogP contribution is 2.36. The van der Waals surface area contributed by atoms with Crippen molar-refractivity contribution >= 4 is 39.3 Å². The molecule has 2 aromatic carbocycles. The van der Waals surface area contributed by atoms with Crippen LogP contribution in [0.25, 0.3) is 5.57 Å². The standard InChI is InChI=1S/C23H25F3N4O3S2/c1-30(2)20-5-3-4-16(14-6-8-15(24)9-7-14)17(20)12-33-21-10-19(26)22(11-18(21)25)35(31,32)29-23(34)28-13-27/h4,6-11,13,17,20H,3,5,12H2,1-2H3,(H3,27,28,29,34). The minimum atomic E-state index is -4.53. The summed E-state index contributed by atoms with van der Waals surface area (Å²) < 4.78 is 75.1. The first-order valence-electron chi connectivity index (χ1n) is 10.6. The number of hydrogen-bond donors (Lipinski definition) is 2. The van der Waals surface area contributed by atoms with Gasteiger partial charge >= 0.3 is 0 Å². The van der Waals surface area contributed by atoms with Crippen LogP contribution < -0.4 is 15.2 Å². The molecule has 12 heteroatoms. The molecule has 0 heterocycles. The van der Waals surface area contributed by atoms with Gasteiger partial charge in [-0.1, -0.05) is 18.2 Å². The number of thiocarbonyl (C=S) groups is 1. The summed E-state index contributed by atoms with van der Waals surface area (Å²) in [5.74, 6) is -3.33. The Labute approximate surface area is 207 Å². The molecule has 0 amide bonds. The maximum Gasteiger partial charge on any atom is 0.266 e. The predicted molar refractivity (Wildman–Crippen MR) is 132 cm³/mol. The molecule has 188 valence electrons. The smallest absolute Gasteiger partial charge is 0.266 e. The van der Waals surface area contributed by atoms with Crippen molar-refractivity contribution in [2.24, 2.45) is 16.6 Å². The average molecular weight is 527 g/mol. The highest BCUT2D eigenvalue weighted by Gasteiger charge is 2.32. The fourth-order valence-corrected chi connectivity index (χ4v) is 5.39. The first kappa shape index (κ1) is 26.6. The highest BCUT2D eigenvalue weighted by molar-refractivity contribution is 7.91. The van der Waals surface area contributed by atoms with Gasteiger partial charge in [-0.3, -0.25) is 4.72 Å². The second kappa shape index (κ2) is 11.2. The minimum absolute atomic E-state index is 0.0118. The normalized spacial score (nSPS) is 18.5. The second-order valence-electron chi connectivity index (χ2n) is 8.09. The number of nitrogens with zero attached hydrogens (tertiary/aromatic N) is 2. The molecular weight excluding hydrogens is 501 g/mol. The summed E-state index contributed by atoms with van der Waals surface area (Å²) in [6, 6.07) is 7.27. The average Bonchev–Trinajstić information content (AvgIpc) is 2.79. The van der Waals surface area contributed by atoms with Gasteiger partial charge in [-0.2, -0.15) is 0 Å². The lowest BCUT2D eigenvalue weighted by atomic mass is 9.80. The molecule has 0 saturated carbocycles. The van der Waals surface area contributed by atoms with Crippen molar-refractivity contribution in [3.8, 4) is 5.75 Å². The molecule has 0 bridgehead atoms. The molecule has 7 nitrogen and oxygen atoms in total. The van der Waals surface area contributed by atoms with Crippen molar-refractivity contribution in [1.82, 2.24) is 9.62 Å². The third-order valence-corrected chi connectivity index (χ3v) is 7.33. The number of nitrogens with one attached hydrogen (secondary N) is 1. The first-order valence-corrected chi connectivity index (χ1v) is 12.5. The van der Waals surface area contributed by atoms with E-state index in [2.05, 4.69) is 17.2 Å². The molecule has 0 aliphatic heterocycles. The summed E-state index contributed by atoms with van der Waals surface area (Å²) in [6.07, 6.45) is 4.41. The molecule has 1 aliphatic rings. The molecular formula is C23H25F3N4O3S2. The largest absolute Gasteiger partial charge is 0.490 e. The van der Waals surface area contributed by atoms with E-state index in [0.29, 0.717) is 12.1 Å². The van der Waals surface area contributed by atoms with E-state index >= 15 is 0 Å². The van der Waals surface area contributed by atoms with E-state index in [1.54, 1.807) is 12.1 Å². The lowest BCUT2D eigenvalue weighted by Crippen LogP contribution is -2.40. The van der Waals surface area contributed by atoms with Crippen LogP contribution in [-0.4, -0.2) is 51.5 Å². The van der Waals surface area contributed by atoms with Crippen molar-refractivity contribution in [3.63, 3.8) is 0 Å². The maximum atomic E-state index is 14.8. The SMILES string of the molecule is CN(C)C1CCC=C(c2ccc(F)cc2)C1COc1cc(F)c(S(=O)(=O)NC(=S)/N=C\N)cc1F. The van der Waals surface area contributed by atoms with E-state index < -0.39 is 37.4 Å². The molecule has 2 atom stereocenters. The van der Waals surface area contributed by atoms with Crippen LogP contribution in [0.1, 0.15) is 18.4 Å². The number of nitrogens with two attached hydrogens (primary N) is 1. The maximum absolute atomic E-state index is 14.8. The third kappa shape index (κ3) is 6.38. The van der Waals surface area contributed by atoms with Gasteiger partial charge < -0.3 is 15.4 Å². The number of hydrogen-bond acceptors (Lipinski definition) is 5. The predicted octanol–water partition coefficient (Wildman–Crippen LogP) is 3.46. The summed E-state index contributed by atoms with van der Waals surface area (Å²) in [6.45, 7) is -0.0118. The van der Waals surface area contributed by atoms with Gasteiger partial charge in [0.15, 0.2) is 11.6 Å². The van der Waals surface area contributed by atoms with Gasteiger partial charge in [0.1, 0.15) is 16.5 Å². The summed E-state index contributed by atoms with van der Waals surface area (Å²) in [5.41, 5.74) is 6.77. The lowest BCUT2D eigenvalue weighted by Gasteiger charge is -2.37. The molecule has 1 aliphatic carbocycles. The summed E-state index contributed by atoms with van der Waals surface area (Å²) in [4.78, 5) is 4.44. The Hall–Kier alpha value is -2.96. The molecule has 2 unspecified atom stereocenters. The van der Waals surface area contributed by atoms with Gasteiger partial charge in [0.2, 0.25) is 5.11 Å². The molecule has 2 aromatic rings. The van der Waals surface area contributed by atoms with Gasteiger partial charge in [0.25, 0.3) is 10.0 Å². The quantitative estimate of drug-likeness (QED) is 0.326. The Balaban J connectivity index is 1.86. The topological polar surface area (TPSA) is 97.0 Å². The molecule has 0 fully saturated rings. The number of ether oxygens (including phenoxy) is 1. The fraction of sp³-hybridized carbons (Fsp3) is 0.304. The summed E-state index contributed by atoms with van der Waals surface area (Å²) >= 11 is 4.67. The molecule has 0 aromatic heterocycles. The second-order valence-corrected chi connectivity index (χ2v) is 10.1. The number of halogens is 3. The summed E-state index contributed by atoms with van der Waals surface area (Å²) in [7, 11) is -0.705. The van der Waals surface area contributed by atoms with Crippen LogP contribution in [0.3, 0.4) is 0 Å². The van der Waals surface area contributed by atoms with Crippen LogP contribution in [-0.2, 0) is 10.0 Å². The van der Waals surface area contributed by atoms with Crippen LogP contribution >= 0.6 is 12.2 Å². The molecule has 0 saturated heterocycles.